The maximum absolute atomic E-state index is 14.2. The van der Waals surface area contributed by atoms with Gasteiger partial charge in [-0.3, -0.25) is 24.0 Å². The maximum Gasteiger partial charge on any atom is 0.321 e. The van der Waals surface area contributed by atoms with Crippen LogP contribution in [0.4, 0.5) is 0 Å². The number of ketones is 1. The summed E-state index contributed by atoms with van der Waals surface area (Å²) in [4.78, 5) is 66.0. The van der Waals surface area contributed by atoms with E-state index < -0.39 is 68.9 Å². The third-order valence-corrected chi connectivity index (χ3v) is 11.1. The normalized spacial score (nSPS) is 40.5. The molecule has 0 saturated heterocycles. The molecule has 9 nitrogen and oxygen atoms in total. The summed E-state index contributed by atoms with van der Waals surface area (Å²) in [7, 11) is 1.24. The number of hydrogen-bond donors (Lipinski definition) is 1. The lowest BCUT2D eigenvalue weighted by Gasteiger charge is -2.68. The minimum atomic E-state index is -1.75. The summed E-state index contributed by atoms with van der Waals surface area (Å²) in [6.45, 7) is 13.3. The highest BCUT2D eigenvalue weighted by Gasteiger charge is 2.82. The largest absolute Gasteiger partial charge is 0.481 e. The molecule has 2 saturated carbocycles. The van der Waals surface area contributed by atoms with E-state index in [1.54, 1.807) is 20.8 Å². The van der Waals surface area contributed by atoms with Crippen LogP contribution in [-0.4, -0.2) is 48.0 Å². The number of carboxylic acid groups (broad SMARTS) is 1. The average molecular weight is 545 g/mol. The summed E-state index contributed by atoms with van der Waals surface area (Å²) >= 11 is 0. The predicted molar refractivity (Wildman–Crippen MR) is 139 cm³/mol. The Hall–Kier alpha value is -2.97. The smallest absolute Gasteiger partial charge is 0.321 e. The Morgan fingerprint density at radius 3 is 2.10 bits per heavy atom. The van der Waals surface area contributed by atoms with Gasteiger partial charge < -0.3 is 19.3 Å². The quantitative estimate of drug-likeness (QED) is 0.311. The number of carbonyl (C=O) groups is 5. The van der Waals surface area contributed by atoms with Crippen LogP contribution in [0.5, 0.6) is 0 Å². The Bertz CT molecular complexity index is 1240. The van der Waals surface area contributed by atoms with Crippen molar-refractivity contribution in [1.29, 1.82) is 0 Å². The summed E-state index contributed by atoms with van der Waals surface area (Å²) in [5, 5.41) is 11.0. The van der Waals surface area contributed by atoms with Gasteiger partial charge in [-0.1, -0.05) is 32.4 Å². The molecule has 7 atom stereocenters. The molecule has 1 N–H and O–H groups in total. The van der Waals surface area contributed by atoms with E-state index in [2.05, 4.69) is 0 Å². The van der Waals surface area contributed by atoms with E-state index in [0.29, 0.717) is 24.8 Å². The number of aliphatic carboxylic acids is 1. The Labute approximate surface area is 229 Å². The molecule has 0 spiro atoms. The fourth-order valence-electron chi connectivity index (χ4n) is 9.39. The molecule has 0 aromatic heterocycles. The predicted octanol–water partition coefficient (Wildman–Crippen LogP) is 4.39. The molecule has 4 aliphatic carbocycles. The van der Waals surface area contributed by atoms with Crippen molar-refractivity contribution in [2.24, 2.45) is 38.9 Å². The zero-order chi connectivity index (χ0) is 29.5. The number of esters is 3. The standard InChI is InChI=1S/C30H40O9/c1-15-14-20-27(7,30(25(36)37-9)23(39-18(4)32)16(2)22(33)28(15,30)8)12-10-19-26(5,6)21(38-17(3)31)11-13-29(19,20)24(34)35/h14,19-21H,10-13H2,1-9H3,(H,34,35)/t19-,20+,21+,27+,28+,29+,30-/m1/s1. The number of allylic oxidation sites excluding steroid dienone is 3. The van der Waals surface area contributed by atoms with Crippen LogP contribution in [0.25, 0.3) is 0 Å². The van der Waals surface area contributed by atoms with Crippen molar-refractivity contribution in [2.45, 2.75) is 87.2 Å². The molecule has 0 aromatic carbocycles. The van der Waals surface area contributed by atoms with Gasteiger partial charge in [-0.2, -0.15) is 0 Å². The molecule has 2 fully saturated rings. The first-order valence-electron chi connectivity index (χ1n) is 13.5. The Kier molecular flexibility index (Phi) is 6.52. The van der Waals surface area contributed by atoms with Crippen molar-refractivity contribution in [3.05, 3.63) is 23.0 Å². The van der Waals surface area contributed by atoms with Crippen LogP contribution in [0.1, 0.15) is 81.1 Å². The number of Topliss-reactive ketones (excluding diaryl/α,β-unsaturated/α-hetero) is 1. The SMILES string of the molecule is COC(=O)[C@@]12C(OC(C)=O)=C(C)C(=O)[C@]1(C)C(C)=C[C@@H]1[C@]3(C(=O)O)CC[C@H](OC(C)=O)C(C)(C)[C@H]3CC[C@@]12C. The number of carbonyl (C=O) groups excluding carboxylic acids is 4. The van der Waals surface area contributed by atoms with E-state index in [-0.39, 0.29) is 23.5 Å². The van der Waals surface area contributed by atoms with Gasteiger partial charge >= 0.3 is 23.9 Å². The zero-order valence-electron chi connectivity index (χ0n) is 24.4. The van der Waals surface area contributed by atoms with Crippen LogP contribution in [0.3, 0.4) is 0 Å². The molecule has 0 amide bonds. The van der Waals surface area contributed by atoms with Gasteiger partial charge in [0.05, 0.1) is 17.9 Å². The molecule has 0 unspecified atom stereocenters. The van der Waals surface area contributed by atoms with E-state index in [9.17, 15) is 29.1 Å². The highest BCUT2D eigenvalue weighted by atomic mass is 16.6. The van der Waals surface area contributed by atoms with Crippen LogP contribution < -0.4 is 0 Å². The van der Waals surface area contributed by atoms with E-state index in [0.717, 1.165) is 0 Å². The molecule has 0 aromatic rings. The molecular formula is C30H40O9. The van der Waals surface area contributed by atoms with E-state index in [1.165, 1.54) is 21.0 Å². The highest BCUT2D eigenvalue weighted by molar-refractivity contribution is 6.11. The van der Waals surface area contributed by atoms with Gasteiger partial charge in [-0.25, -0.2) is 0 Å². The van der Waals surface area contributed by atoms with Crippen molar-refractivity contribution in [3.8, 4) is 0 Å². The van der Waals surface area contributed by atoms with Gasteiger partial charge in [0.15, 0.2) is 5.78 Å². The van der Waals surface area contributed by atoms with Gasteiger partial charge in [-0.05, 0) is 57.8 Å². The van der Waals surface area contributed by atoms with Crippen LogP contribution in [0, 0.1) is 38.9 Å². The summed E-state index contributed by atoms with van der Waals surface area (Å²) < 4.78 is 16.8. The van der Waals surface area contributed by atoms with Crippen LogP contribution >= 0.6 is 0 Å². The average Bonchev–Trinajstić information content (AvgIpc) is 3.01. The van der Waals surface area contributed by atoms with Gasteiger partial charge in [0, 0.05) is 30.8 Å². The van der Waals surface area contributed by atoms with Crippen molar-refractivity contribution in [2.75, 3.05) is 7.11 Å². The molecule has 4 rings (SSSR count). The van der Waals surface area contributed by atoms with Gasteiger partial charge in [-0.15, -0.1) is 0 Å². The Balaban J connectivity index is 2.07. The first-order chi connectivity index (χ1) is 17.9. The van der Waals surface area contributed by atoms with Crippen LogP contribution in [-0.2, 0) is 38.2 Å². The number of methoxy groups -OCH3 is 1. The molecule has 0 radical (unpaired) electrons. The number of rotatable bonds is 4. The van der Waals surface area contributed by atoms with Crippen molar-refractivity contribution in [3.63, 3.8) is 0 Å². The van der Waals surface area contributed by atoms with Crippen molar-refractivity contribution in [1.82, 2.24) is 0 Å². The molecule has 39 heavy (non-hydrogen) atoms. The first-order valence-corrected chi connectivity index (χ1v) is 13.5. The second kappa shape index (κ2) is 8.77. The lowest BCUT2D eigenvalue weighted by molar-refractivity contribution is -0.230. The van der Waals surface area contributed by atoms with Crippen molar-refractivity contribution >= 4 is 29.7 Å². The second-order valence-corrected chi connectivity index (χ2v) is 12.9. The van der Waals surface area contributed by atoms with Gasteiger partial charge in [0.1, 0.15) is 17.3 Å². The fraction of sp³-hybridized carbons (Fsp3) is 0.700. The summed E-state index contributed by atoms with van der Waals surface area (Å²) in [6, 6.07) is 0. The Morgan fingerprint density at radius 1 is 0.974 bits per heavy atom. The van der Waals surface area contributed by atoms with Gasteiger partial charge in [0.25, 0.3) is 0 Å². The highest BCUT2D eigenvalue weighted by Crippen LogP contribution is 2.78. The first kappa shape index (κ1) is 29.0. The third kappa shape index (κ3) is 3.21. The zero-order valence-corrected chi connectivity index (χ0v) is 24.4. The van der Waals surface area contributed by atoms with Crippen molar-refractivity contribution < 1.29 is 43.3 Å². The number of fused-ring (bicyclic) bond motifs is 5. The third-order valence-electron chi connectivity index (χ3n) is 11.1. The van der Waals surface area contributed by atoms with E-state index in [4.69, 9.17) is 14.2 Å². The number of carboxylic acids is 1. The molecule has 9 heteroatoms. The minimum Gasteiger partial charge on any atom is -0.481 e. The number of ether oxygens (including phenoxy) is 3. The summed E-state index contributed by atoms with van der Waals surface area (Å²) in [5.74, 6) is -4.31. The Morgan fingerprint density at radius 2 is 1.59 bits per heavy atom. The lowest BCUT2D eigenvalue weighted by atomic mass is 9.33. The summed E-state index contributed by atoms with van der Waals surface area (Å²) in [5.41, 5.74) is -5.66. The molecule has 214 valence electrons. The molecule has 0 heterocycles. The monoisotopic (exact) mass is 544 g/mol. The molecule has 4 aliphatic rings. The molecule has 0 aliphatic heterocycles. The summed E-state index contributed by atoms with van der Waals surface area (Å²) in [6.07, 6.45) is 2.72. The van der Waals surface area contributed by atoms with E-state index in [1.807, 2.05) is 26.8 Å². The lowest BCUT2D eigenvalue weighted by Crippen LogP contribution is -2.71. The van der Waals surface area contributed by atoms with Gasteiger partial charge in [0.2, 0.25) is 0 Å². The number of hydrogen-bond acceptors (Lipinski definition) is 8. The molecule has 0 bridgehead atoms. The van der Waals surface area contributed by atoms with Crippen LogP contribution in [0.15, 0.2) is 23.0 Å². The minimum absolute atomic E-state index is 0.0406. The topological polar surface area (TPSA) is 133 Å². The molecular weight excluding hydrogens is 504 g/mol. The van der Waals surface area contributed by atoms with E-state index >= 15 is 0 Å². The maximum atomic E-state index is 14.2. The second-order valence-electron chi connectivity index (χ2n) is 12.9. The van der Waals surface area contributed by atoms with Crippen LogP contribution in [0.2, 0.25) is 0 Å². The fourth-order valence-corrected chi connectivity index (χ4v) is 9.39.